The molecular weight excluding hydrogens is 472 g/mol. The first-order chi connectivity index (χ1) is 16.5. The van der Waals surface area contributed by atoms with Gasteiger partial charge in [-0.05, 0) is 37.6 Å². The number of benzene rings is 1. The van der Waals surface area contributed by atoms with Gasteiger partial charge in [0.05, 0.1) is 30.2 Å². The minimum atomic E-state index is -0.346. The number of hydrogen-bond acceptors (Lipinski definition) is 9. The fraction of sp³-hybridized carbons (Fsp3) is 0.217. The molecule has 1 amide bonds. The number of thioether (sulfide) groups is 1. The van der Waals surface area contributed by atoms with Crippen LogP contribution in [0.25, 0.3) is 17.1 Å². The number of nitrogens with one attached hydrogen (secondary N) is 1. The molecule has 1 N–H and O–H groups in total. The first kappa shape index (κ1) is 23.6. The molecule has 0 unspecified atom stereocenters. The van der Waals surface area contributed by atoms with E-state index in [1.54, 1.807) is 24.7 Å². The Balaban J connectivity index is 1.49. The number of carbonyl (C=O) groups excluding carboxylic acids is 2. The van der Waals surface area contributed by atoms with E-state index in [2.05, 4.69) is 25.5 Å². The molecule has 0 saturated heterocycles. The third-order valence-electron chi connectivity index (χ3n) is 4.67. The predicted molar refractivity (Wildman–Crippen MR) is 131 cm³/mol. The summed E-state index contributed by atoms with van der Waals surface area (Å²) in [6, 6.07) is 11.7. The number of rotatable bonds is 9. The summed E-state index contributed by atoms with van der Waals surface area (Å²) in [7, 11) is 0. The second-order valence-corrected chi connectivity index (χ2v) is 8.93. The number of pyridine rings is 1. The lowest BCUT2D eigenvalue weighted by molar-refractivity contribution is -0.142. The van der Waals surface area contributed by atoms with Gasteiger partial charge in [-0.3, -0.25) is 19.1 Å². The van der Waals surface area contributed by atoms with Crippen LogP contribution >= 0.6 is 23.1 Å². The van der Waals surface area contributed by atoms with Crippen LogP contribution in [-0.2, 0) is 20.7 Å². The Hall–Kier alpha value is -3.57. The number of carbonyl (C=O) groups is 2. The van der Waals surface area contributed by atoms with Crippen LogP contribution in [-0.4, -0.2) is 49.0 Å². The van der Waals surface area contributed by atoms with Crippen LogP contribution in [0.2, 0.25) is 0 Å². The van der Waals surface area contributed by atoms with Crippen LogP contribution in [0.15, 0.2) is 59.3 Å². The molecule has 11 heteroatoms. The van der Waals surface area contributed by atoms with Crippen molar-refractivity contribution in [3.8, 4) is 17.1 Å². The van der Waals surface area contributed by atoms with Crippen molar-refractivity contribution in [1.82, 2.24) is 24.7 Å². The van der Waals surface area contributed by atoms with Crippen LogP contribution < -0.4 is 5.32 Å². The molecule has 4 aromatic rings. The molecule has 3 aromatic heterocycles. The minimum Gasteiger partial charge on any atom is -0.466 e. The van der Waals surface area contributed by atoms with E-state index in [0.717, 1.165) is 16.8 Å². The maximum absolute atomic E-state index is 12.6. The summed E-state index contributed by atoms with van der Waals surface area (Å²) in [5.41, 5.74) is 3.37. The molecule has 0 aliphatic rings. The third kappa shape index (κ3) is 5.67. The van der Waals surface area contributed by atoms with E-state index in [1.807, 2.05) is 47.9 Å². The number of nitrogens with zero attached hydrogens (tertiary/aromatic N) is 5. The topological polar surface area (TPSA) is 112 Å². The molecule has 4 rings (SSSR count). The van der Waals surface area contributed by atoms with E-state index in [1.165, 1.54) is 23.1 Å². The summed E-state index contributed by atoms with van der Waals surface area (Å²) in [5, 5.41) is 14.3. The van der Waals surface area contributed by atoms with Gasteiger partial charge in [0.1, 0.15) is 0 Å². The number of amides is 1. The molecule has 0 aliphatic heterocycles. The molecule has 0 saturated carbocycles. The van der Waals surface area contributed by atoms with Gasteiger partial charge in [0.2, 0.25) is 5.91 Å². The summed E-state index contributed by atoms with van der Waals surface area (Å²) in [5.74, 6) is 0.184. The minimum absolute atomic E-state index is 0.0750. The van der Waals surface area contributed by atoms with Gasteiger partial charge in [-0.25, -0.2) is 4.98 Å². The highest BCUT2D eigenvalue weighted by atomic mass is 32.2. The summed E-state index contributed by atoms with van der Waals surface area (Å²) in [4.78, 5) is 32.7. The summed E-state index contributed by atoms with van der Waals surface area (Å²) in [6.45, 7) is 4.08. The van der Waals surface area contributed by atoms with Gasteiger partial charge < -0.3 is 10.1 Å². The Morgan fingerprint density at radius 2 is 2.03 bits per heavy atom. The van der Waals surface area contributed by atoms with E-state index in [9.17, 15) is 9.59 Å². The summed E-state index contributed by atoms with van der Waals surface area (Å²) < 4.78 is 6.87. The van der Waals surface area contributed by atoms with Crippen LogP contribution in [0, 0.1) is 6.92 Å². The lowest BCUT2D eigenvalue weighted by Gasteiger charge is -2.12. The Bertz CT molecular complexity index is 1290. The molecule has 34 heavy (non-hydrogen) atoms. The van der Waals surface area contributed by atoms with E-state index in [-0.39, 0.29) is 24.1 Å². The van der Waals surface area contributed by atoms with Crippen molar-refractivity contribution >= 4 is 40.1 Å². The average molecular weight is 495 g/mol. The van der Waals surface area contributed by atoms with Crippen molar-refractivity contribution in [2.24, 2.45) is 0 Å². The number of ether oxygens (including phenoxy) is 1. The van der Waals surface area contributed by atoms with Crippen molar-refractivity contribution in [3.63, 3.8) is 0 Å². The highest BCUT2D eigenvalue weighted by Crippen LogP contribution is 2.29. The molecule has 0 spiro atoms. The van der Waals surface area contributed by atoms with Crippen LogP contribution in [0.1, 0.15) is 18.2 Å². The quantitative estimate of drug-likeness (QED) is 0.275. The molecular formula is C23H22N6O3S2. The smallest absolute Gasteiger partial charge is 0.311 e. The van der Waals surface area contributed by atoms with Crippen molar-refractivity contribution in [1.29, 1.82) is 0 Å². The third-order valence-corrected chi connectivity index (χ3v) is 6.41. The Kier molecular flexibility index (Phi) is 7.65. The number of aryl methyl sites for hydroxylation is 1. The second-order valence-electron chi connectivity index (χ2n) is 7.13. The van der Waals surface area contributed by atoms with E-state index in [0.29, 0.717) is 28.4 Å². The number of aromatic nitrogens is 5. The Labute approximate surface area is 204 Å². The Morgan fingerprint density at radius 1 is 1.18 bits per heavy atom. The normalized spacial score (nSPS) is 10.8. The van der Waals surface area contributed by atoms with E-state index >= 15 is 0 Å². The number of anilines is 1. The number of thiazole rings is 1. The number of esters is 1. The fourth-order valence-corrected chi connectivity index (χ4v) is 4.64. The van der Waals surface area contributed by atoms with Gasteiger partial charge in [0, 0.05) is 23.3 Å². The molecule has 0 radical (unpaired) electrons. The monoisotopic (exact) mass is 494 g/mol. The van der Waals surface area contributed by atoms with Crippen LogP contribution in [0.5, 0.6) is 0 Å². The molecule has 3 heterocycles. The SMILES string of the molecule is CCOC(=O)Cc1csc(NC(=O)CSc2nnc(-c3cccnc3)n2-c2ccccc2C)n1. The van der Waals surface area contributed by atoms with Crippen LogP contribution in [0.4, 0.5) is 5.13 Å². The maximum Gasteiger partial charge on any atom is 0.311 e. The van der Waals surface area contributed by atoms with Crippen LogP contribution in [0.3, 0.4) is 0 Å². The number of para-hydroxylation sites is 1. The molecule has 0 bridgehead atoms. The zero-order valence-electron chi connectivity index (χ0n) is 18.6. The maximum atomic E-state index is 12.6. The molecule has 1 aromatic carbocycles. The predicted octanol–water partition coefficient (Wildman–Crippen LogP) is 3.93. The van der Waals surface area contributed by atoms with Gasteiger partial charge >= 0.3 is 5.97 Å². The summed E-state index contributed by atoms with van der Waals surface area (Å²) in [6.07, 6.45) is 3.51. The van der Waals surface area contributed by atoms with Gasteiger partial charge in [0.25, 0.3) is 0 Å². The largest absolute Gasteiger partial charge is 0.466 e. The molecule has 0 fully saturated rings. The fourth-order valence-electron chi connectivity index (χ4n) is 3.17. The first-order valence-corrected chi connectivity index (χ1v) is 12.4. The van der Waals surface area contributed by atoms with Gasteiger partial charge in [-0.2, -0.15) is 0 Å². The molecule has 9 nitrogen and oxygen atoms in total. The highest BCUT2D eigenvalue weighted by Gasteiger charge is 2.19. The van der Waals surface area contributed by atoms with Gasteiger partial charge in [-0.15, -0.1) is 21.5 Å². The molecule has 174 valence electrons. The van der Waals surface area contributed by atoms with Crippen molar-refractivity contribution in [3.05, 3.63) is 65.4 Å². The Morgan fingerprint density at radius 3 is 2.79 bits per heavy atom. The van der Waals surface area contributed by atoms with Crippen molar-refractivity contribution < 1.29 is 14.3 Å². The zero-order chi connectivity index (χ0) is 23.9. The van der Waals surface area contributed by atoms with Gasteiger partial charge in [0.15, 0.2) is 16.1 Å². The lowest BCUT2D eigenvalue weighted by atomic mass is 10.2. The van der Waals surface area contributed by atoms with Gasteiger partial charge in [-0.1, -0.05) is 30.0 Å². The zero-order valence-corrected chi connectivity index (χ0v) is 20.2. The lowest BCUT2D eigenvalue weighted by Crippen LogP contribution is -2.15. The van der Waals surface area contributed by atoms with E-state index < -0.39 is 0 Å². The molecule has 0 atom stereocenters. The molecule has 0 aliphatic carbocycles. The standard InChI is InChI=1S/C23H22N6O3S2/c1-3-32-20(31)11-17-13-33-22(25-17)26-19(30)14-34-23-28-27-21(16-8-6-10-24-12-16)29(23)18-9-5-4-7-15(18)2/h4-10,12-13H,3,11,14H2,1-2H3,(H,25,26,30). The summed E-state index contributed by atoms with van der Waals surface area (Å²) >= 11 is 2.54. The highest BCUT2D eigenvalue weighted by molar-refractivity contribution is 7.99. The second kappa shape index (κ2) is 11.0. The number of hydrogen-bond donors (Lipinski definition) is 1. The first-order valence-electron chi connectivity index (χ1n) is 10.5. The van der Waals surface area contributed by atoms with Crippen molar-refractivity contribution in [2.45, 2.75) is 25.4 Å². The van der Waals surface area contributed by atoms with Crippen molar-refractivity contribution in [2.75, 3.05) is 17.7 Å². The van der Waals surface area contributed by atoms with E-state index in [4.69, 9.17) is 4.74 Å². The average Bonchev–Trinajstić information content (AvgIpc) is 3.45.